The third-order valence-corrected chi connectivity index (χ3v) is 4.23. The molecule has 1 saturated carbocycles. The summed E-state index contributed by atoms with van der Waals surface area (Å²) in [5.41, 5.74) is 0.395. The quantitative estimate of drug-likeness (QED) is 0.924. The molecule has 6 heteroatoms. The fourth-order valence-corrected chi connectivity index (χ4v) is 3.02. The molecule has 0 unspecified atom stereocenters. The van der Waals surface area contributed by atoms with Crippen LogP contribution in [0.2, 0.25) is 5.15 Å². The number of carbonyl (C=O) groups excluding carboxylic acids is 1. The van der Waals surface area contributed by atoms with Crippen molar-refractivity contribution < 1.29 is 4.79 Å². The van der Waals surface area contributed by atoms with Crippen LogP contribution in [-0.4, -0.2) is 47.3 Å². The average molecular weight is 299 g/mol. The van der Waals surface area contributed by atoms with Crippen molar-refractivity contribution in [3.63, 3.8) is 0 Å². The topological polar surface area (TPSA) is 50.2 Å². The second-order valence-corrected chi connectivity index (χ2v) is 6.25. The minimum Gasteiger partial charge on any atom is -0.348 e. The van der Waals surface area contributed by atoms with E-state index in [1.807, 2.05) is 0 Å². The van der Waals surface area contributed by atoms with Crippen molar-refractivity contribution in [3.8, 4) is 0 Å². The first-order chi connectivity index (χ1) is 9.47. The van der Waals surface area contributed by atoms with Crippen molar-refractivity contribution in [2.45, 2.75) is 31.7 Å². The van der Waals surface area contributed by atoms with Gasteiger partial charge in [0, 0.05) is 25.7 Å². The molecule has 1 fully saturated rings. The molecule has 1 aliphatic rings. The van der Waals surface area contributed by atoms with E-state index in [0.717, 1.165) is 13.0 Å². The maximum absolute atomic E-state index is 12.3. The van der Waals surface area contributed by atoms with Crippen LogP contribution in [0.4, 0.5) is 0 Å². The molecular weight excluding hydrogens is 276 g/mol. The summed E-state index contributed by atoms with van der Waals surface area (Å²) in [6.45, 7) is 1.01. The van der Waals surface area contributed by atoms with Gasteiger partial charge in [-0.05, 0) is 32.9 Å². The molecular formula is C14H23ClN4O. The van der Waals surface area contributed by atoms with Crippen LogP contribution in [0.15, 0.2) is 6.07 Å². The van der Waals surface area contributed by atoms with Gasteiger partial charge in [-0.1, -0.05) is 24.4 Å². The highest BCUT2D eigenvalue weighted by Crippen LogP contribution is 2.25. The molecule has 0 saturated heterocycles. The van der Waals surface area contributed by atoms with E-state index in [1.165, 1.54) is 23.9 Å². The number of halogens is 1. The summed E-state index contributed by atoms with van der Waals surface area (Å²) in [4.78, 5) is 14.4. The lowest BCUT2D eigenvalue weighted by molar-refractivity contribution is 0.0889. The first kappa shape index (κ1) is 15.3. The lowest BCUT2D eigenvalue weighted by Gasteiger charge is -2.33. The number of amides is 1. The van der Waals surface area contributed by atoms with Crippen molar-refractivity contribution in [3.05, 3.63) is 16.9 Å². The largest absolute Gasteiger partial charge is 0.348 e. The van der Waals surface area contributed by atoms with Gasteiger partial charge in [-0.2, -0.15) is 5.10 Å². The standard InChI is InChI=1S/C14H23ClN4O/c1-18(2)9-10-6-4-5-7-11(10)16-14(20)12-8-13(15)19(3)17-12/h8,10-11H,4-7,9H2,1-3H3,(H,16,20)/t10-,11+/m1/s1. The van der Waals surface area contributed by atoms with Crippen LogP contribution in [0, 0.1) is 5.92 Å². The van der Waals surface area contributed by atoms with Gasteiger partial charge in [-0.15, -0.1) is 0 Å². The Balaban J connectivity index is 2.00. The lowest BCUT2D eigenvalue weighted by Crippen LogP contribution is -2.45. The van der Waals surface area contributed by atoms with Gasteiger partial charge in [0.15, 0.2) is 5.69 Å². The fourth-order valence-electron chi connectivity index (χ4n) is 2.88. The van der Waals surface area contributed by atoms with Crippen molar-refractivity contribution >= 4 is 17.5 Å². The van der Waals surface area contributed by atoms with E-state index >= 15 is 0 Å². The second kappa shape index (κ2) is 6.59. The Morgan fingerprint density at radius 1 is 1.50 bits per heavy atom. The molecule has 1 amide bonds. The van der Waals surface area contributed by atoms with Crippen LogP contribution in [0.5, 0.6) is 0 Å². The van der Waals surface area contributed by atoms with Crippen molar-refractivity contribution in [2.24, 2.45) is 13.0 Å². The van der Waals surface area contributed by atoms with E-state index in [1.54, 1.807) is 13.1 Å². The van der Waals surface area contributed by atoms with Crippen LogP contribution in [0.1, 0.15) is 36.2 Å². The maximum atomic E-state index is 12.3. The van der Waals surface area contributed by atoms with Crippen molar-refractivity contribution in [2.75, 3.05) is 20.6 Å². The first-order valence-electron chi connectivity index (χ1n) is 7.12. The Labute approximate surface area is 125 Å². The van der Waals surface area contributed by atoms with E-state index in [9.17, 15) is 4.79 Å². The van der Waals surface area contributed by atoms with Gasteiger partial charge in [0.05, 0.1) is 0 Å². The SMILES string of the molecule is CN(C)C[C@H]1CCCC[C@@H]1NC(=O)c1cc(Cl)n(C)n1. The van der Waals surface area contributed by atoms with Crippen LogP contribution in [0.25, 0.3) is 0 Å². The minimum absolute atomic E-state index is 0.122. The Bertz CT molecular complexity index is 452. The third-order valence-electron chi connectivity index (χ3n) is 3.88. The molecule has 5 nitrogen and oxygen atoms in total. The van der Waals surface area contributed by atoms with Crippen molar-refractivity contribution in [1.82, 2.24) is 20.0 Å². The molecule has 0 radical (unpaired) electrons. The molecule has 20 heavy (non-hydrogen) atoms. The van der Waals surface area contributed by atoms with Crippen LogP contribution >= 0.6 is 11.6 Å². The number of aromatic nitrogens is 2. The van der Waals surface area contributed by atoms with E-state index in [-0.39, 0.29) is 11.9 Å². The number of hydrogen-bond donors (Lipinski definition) is 1. The highest BCUT2D eigenvalue weighted by atomic mass is 35.5. The number of carbonyl (C=O) groups is 1. The van der Waals surface area contributed by atoms with E-state index < -0.39 is 0 Å². The zero-order valence-electron chi connectivity index (χ0n) is 12.4. The molecule has 1 aliphatic carbocycles. The highest BCUT2D eigenvalue weighted by Gasteiger charge is 2.27. The monoisotopic (exact) mass is 298 g/mol. The molecule has 0 aliphatic heterocycles. The first-order valence-corrected chi connectivity index (χ1v) is 7.50. The summed E-state index contributed by atoms with van der Waals surface area (Å²) >= 11 is 5.93. The van der Waals surface area contributed by atoms with Gasteiger partial charge < -0.3 is 10.2 Å². The third kappa shape index (κ3) is 3.73. The summed E-state index contributed by atoms with van der Waals surface area (Å²) < 4.78 is 1.51. The van der Waals surface area contributed by atoms with Gasteiger partial charge >= 0.3 is 0 Å². The summed E-state index contributed by atoms with van der Waals surface area (Å²) in [5.74, 6) is 0.394. The molecule has 1 heterocycles. The second-order valence-electron chi connectivity index (χ2n) is 5.86. The number of rotatable bonds is 4. The minimum atomic E-state index is -0.122. The molecule has 0 spiro atoms. The van der Waals surface area contributed by atoms with Gasteiger partial charge in [0.1, 0.15) is 5.15 Å². The molecule has 1 N–H and O–H groups in total. The molecule has 112 valence electrons. The van der Waals surface area contributed by atoms with Crippen LogP contribution < -0.4 is 5.32 Å². The maximum Gasteiger partial charge on any atom is 0.272 e. The number of nitrogens with zero attached hydrogens (tertiary/aromatic N) is 3. The highest BCUT2D eigenvalue weighted by molar-refractivity contribution is 6.29. The Hall–Kier alpha value is -1.07. The predicted molar refractivity (Wildman–Crippen MR) is 80.0 cm³/mol. The lowest BCUT2D eigenvalue weighted by atomic mass is 9.84. The van der Waals surface area contributed by atoms with E-state index in [0.29, 0.717) is 16.8 Å². The summed E-state index contributed by atoms with van der Waals surface area (Å²) in [7, 11) is 5.88. The van der Waals surface area contributed by atoms with Crippen molar-refractivity contribution in [1.29, 1.82) is 0 Å². The normalized spacial score (nSPS) is 23.1. The molecule has 2 atom stereocenters. The Morgan fingerprint density at radius 2 is 2.20 bits per heavy atom. The Kier molecular flexibility index (Phi) is 5.05. The van der Waals surface area contributed by atoms with Gasteiger partial charge in [0.25, 0.3) is 5.91 Å². The van der Waals surface area contributed by atoms with Gasteiger partial charge in [-0.3, -0.25) is 9.48 Å². The predicted octanol–water partition coefficient (Wildman–Crippen LogP) is 1.92. The number of aryl methyl sites for hydroxylation is 1. The molecule has 1 aromatic heterocycles. The fraction of sp³-hybridized carbons (Fsp3) is 0.714. The number of hydrogen-bond acceptors (Lipinski definition) is 3. The smallest absolute Gasteiger partial charge is 0.272 e. The number of nitrogens with one attached hydrogen (secondary N) is 1. The summed E-state index contributed by atoms with van der Waals surface area (Å²) in [5, 5.41) is 7.73. The molecule has 0 bridgehead atoms. The van der Waals surface area contributed by atoms with Gasteiger partial charge in [0.2, 0.25) is 0 Å². The average Bonchev–Trinajstić information content (AvgIpc) is 2.71. The summed E-state index contributed by atoms with van der Waals surface area (Å²) in [6, 6.07) is 1.85. The molecule has 2 rings (SSSR count). The Morgan fingerprint density at radius 3 is 2.80 bits per heavy atom. The van der Waals surface area contributed by atoms with Crippen LogP contribution in [0.3, 0.4) is 0 Å². The summed E-state index contributed by atoms with van der Waals surface area (Å²) in [6.07, 6.45) is 4.65. The zero-order valence-corrected chi connectivity index (χ0v) is 13.2. The zero-order chi connectivity index (χ0) is 14.7. The van der Waals surface area contributed by atoms with E-state index in [4.69, 9.17) is 11.6 Å². The molecule has 1 aromatic rings. The van der Waals surface area contributed by atoms with Crippen LogP contribution in [-0.2, 0) is 7.05 Å². The molecule has 0 aromatic carbocycles. The van der Waals surface area contributed by atoms with E-state index in [2.05, 4.69) is 29.4 Å². The van der Waals surface area contributed by atoms with Gasteiger partial charge in [-0.25, -0.2) is 0 Å².